The number of rotatable bonds is 6. The number of allylic oxidation sites excluding steroid dienone is 2. The van der Waals surface area contributed by atoms with Crippen LogP contribution in [0.3, 0.4) is 0 Å². The van der Waals surface area contributed by atoms with Crippen LogP contribution in [0.4, 0.5) is 11.4 Å². The third-order valence-corrected chi connectivity index (χ3v) is 5.99. The second kappa shape index (κ2) is 9.17. The number of ketones is 2. The quantitative estimate of drug-likeness (QED) is 0.436. The molecule has 1 aliphatic carbocycles. The maximum absolute atomic E-state index is 13.0. The average molecular weight is 483 g/mol. The molecule has 0 saturated carbocycles. The van der Waals surface area contributed by atoms with E-state index in [1.807, 2.05) is 37.3 Å². The van der Waals surface area contributed by atoms with Crippen LogP contribution in [0.2, 0.25) is 0 Å². The summed E-state index contributed by atoms with van der Waals surface area (Å²) in [4.78, 5) is 26.0. The van der Waals surface area contributed by atoms with E-state index in [2.05, 4.69) is 10.6 Å². The van der Waals surface area contributed by atoms with Crippen molar-refractivity contribution in [2.75, 3.05) is 24.9 Å². The number of aryl methyl sites for hydroxylation is 1. The number of benzene rings is 3. The number of nitrogens with one attached hydrogen (secondary N) is 2. The van der Waals surface area contributed by atoms with Gasteiger partial charge in [-0.15, -0.1) is 0 Å². The second-order valence-electron chi connectivity index (χ2n) is 7.40. The lowest BCUT2D eigenvalue weighted by molar-refractivity contribution is -0.115. The third-order valence-electron chi connectivity index (χ3n) is 5.27. The van der Waals surface area contributed by atoms with Gasteiger partial charge >= 0.3 is 0 Å². The first-order chi connectivity index (χ1) is 15.8. The summed E-state index contributed by atoms with van der Waals surface area (Å²) in [6.07, 6.45) is 0. The Morgan fingerprint density at radius 2 is 1.27 bits per heavy atom. The molecule has 0 fully saturated rings. The van der Waals surface area contributed by atoms with Gasteiger partial charge in [0.2, 0.25) is 11.6 Å². The molecule has 0 saturated heterocycles. The first-order valence-electron chi connectivity index (χ1n) is 9.98. The first kappa shape index (κ1) is 22.7. The van der Waals surface area contributed by atoms with Gasteiger partial charge in [0.05, 0.1) is 14.2 Å². The number of hydrogen-bond donors (Lipinski definition) is 2. The standard InChI is InChI=1S/C25H20Cl2N2O4/c1-13-10-16(7-9-19(13)33-3)28-22-20(26)25(31)23(21(27)24(22)30)29-17-6-4-14-5-8-18(32-2)12-15(14)11-17/h4-12,28-29H,1-3H3. The van der Waals surface area contributed by atoms with E-state index in [0.717, 1.165) is 16.3 Å². The molecule has 0 bridgehead atoms. The molecule has 3 aromatic rings. The molecule has 0 spiro atoms. The molecule has 3 aromatic carbocycles. The molecule has 33 heavy (non-hydrogen) atoms. The number of carbonyl (C=O) groups is 2. The summed E-state index contributed by atoms with van der Waals surface area (Å²) in [5.74, 6) is 0.236. The predicted molar refractivity (Wildman–Crippen MR) is 131 cm³/mol. The highest BCUT2D eigenvalue weighted by Gasteiger charge is 2.33. The summed E-state index contributed by atoms with van der Waals surface area (Å²) in [6.45, 7) is 1.86. The molecule has 0 heterocycles. The maximum Gasteiger partial charge on any atom is 0.224 e. The highest BCUT2D eigenvalue weighted by Crippen LogP contribution is 2.33. The van der Waals surface area contributed by atoms with Crippen LogP contribution < -0.4 is 20.1 Å². The van der Waals surface area contributed by atoms with Crippen LogP contribution >= 0.6 is 23.2 Å². The van der Waals surface area contributed by atoms with Crippen LogP contribution in [0.25, 0.3) is 10.8 Å². The fourth-order valence-corrected chi connectivity index (χ4v) is 4.00. The number of carbonyl (C=O) groups excluding carboxylic acids is 2. The molecule has 2 N–H and O–H groups in total. The molecule has 6 nitrogen and oxygen atoms in total. The fourth-order valence-electron chi connectivity index (χ4n) is 3.54. The Balaban J connectivity index is 1.62. The predicted octanol–water partition coefficient (Wildman–Crippen LogP) is 5.74. The molecule has 0 unspecified atom stereocenters. The normalized spacial score (nSPS) is 14.1. The first-order valence-corrected chi connectivity index (χ1v) is 10.7. The Hall–Kier alpha value is -3.48. The lowest BCUT2D eigenvalue weighted by Gasteiger charge is -2.20. The number of hydrogen-bond acceptors (Lipinski definition) is 6. The zero-order valence-electron chi connectivity index (χ0n) is 18.1. The number of ether oxygens (including phenoxy) is 2. The molecule has 0 aromatic heterocycles. The number of halogens is 2. The van der Waals surface area contributed by atoms with Crippen LogP contribution in [-0.4, -0.2) is 25.8 Å². The van der Waals surface area contributed by atoms with E-state index < -0.39 is 11.6 Å². The Bertz CT molecular complexity index is 1360. The smallest absolute Gasteiger partial charge is 0.224 e. The highest BCUT2D eigenvalue weighted by molar-refractivity contribution is 6.56. The highest BCUT2D eigenvalue weighted by atomic mass is 35.5. The molecule has 0 atom stereocenters. The molecular formula is C25H20Cl2N2O4. The molecule has 168 valence electrons. The van der Waals surface area contributed by atoms with Crippen LogP contribution in [0.1, 0.15) is 5.56 Å². The largest absolute Gasteiger partial charge is 0.497 e. The van der Waals surface area contributed by atoms with Gasteiger partial charge in [-0.2, -0.15) is 0 Å². The fraction of sp³-hybridized carbons (Fsp3) is 0.120. The summed E-state index contributed by atoms with van der Waals surface area (Å²) in [6, 6.07) is 16.4. The van der Waals surface area contributed by atoms with Crippen molar-refractivity contribution in [3.05, 3.63) is 81.6 Å². The van der Waals surface area contributed by atoms with Gasteiger partial charge in [-0.25, -0.2) is 0 Å². The topological polar surface area (TPSA) is 76.7 Å². The van der Waals surface area contributed by atoms with Crippen LogP contribution in [0.15, 0.2) is 76.1 Å². The summed E-state index contributed by atoms with van der Waals surface area (Å²) >= 11 is 12.6. The summed E-state index contributed by atoms with van der Waals surface area (Å²) in [5.41, 5.74) is 1.85. The number of anilines is 2. The lowest BCUT2D eigenvalue weighted by Crippen LogP contribution is -2.27. The van der Waals surface area contributed by atoms with E-state index in [0.29, 0.717) is 22.9 Å². The van der Waals surface area contributed by atoms with E-state index in [4.69, 9.17) is 32.7 Å². The summed E-state index contributed by atoms with van der Waals surface area (Å²) < 4.78 is 10.5. The maximum atomic E-state index is 13.0. The van der Waals surface area contributed by atoms with E-state index in [-0.39, 0.29) is 21.5 Å². The lowest BCUT2D eigenvalue weighted by atomic mass is 10.0. The number of methoxy groups -OCH3 is 2. The van der Waals surface area contributed by atoms with Crippen molar-refractivity contribution in [3.8, 4) is 11.5 Å². The van der Waals surface area contributed by atoms with Gasteiger partial charge in [-0.1, -0.05) is 35.3 Å². The van der Waals surface area contributed by atoms with Crippen molar-refractivity contribution in [2.45, 2.75) is 6.92 Å². The Morgan fingerprint density at radius 1 is 0.697 bits per heavy atom. The minimum atomic E-state index is -0.584. The van der Waals surface area contributed by atoms with Gasteiger partial charge in [-0.3, -0.25) is 9.59 Å². The Labute approximate surface area is 200 Å². The van der Waals surface area contributed by atoms with Crippen molar-refractivity contribution in [2.24, 2.45) is 0 Å². The van der Waals surface area contributed by atoms with E-state index in [1.54, 1.807) is 38.5 Å². The minimum Gasteiger partial charge on any atom is -0.497 e. The molecule has 8 heteroatoms. The van der Waals surface area contributed by atoms with Gasteiger partial charge in [-0.05, 0) is 65.7 Å². The third kappa shape index (κ3) is 4.40. The van der Waals surface area contributed by atoms with Gasteiger partial charge in [0.25, 0.3) is 0 Å². The number of fused-ring (bicyclic) bond motifs is 1. The molecule has 0 radical (unpaired) electrons. The van der Waals surface area contributed by atoms with E-state index in [9.17, 15) is 9.59 Å². The molecule has 1 aliphatic rings. The van der Waals surface area contributed by atoms with E-state index >= 15 is 0 Å². The Morgan fingerprint density at radius 3 is 1.85 bits per heavy atom. The average Bonchev–Trinajstić information content (AvgIpc) is 2.83. The molecular weight excluding hydrogens is 463 g/mol. The SMILES string of the molecule is COc1ccc2ccc(NC3=C(Cl)C(=O)C(Nc4ccc(OC)c(C)c4)=C(Cl)C3=O)cc2c1. The van der Waals surface area contributed by atoms with Gasteiger partial charge in [0, 0.05) is 11.4 Å². The summed E-state index contributed by atoms with van der Waals surface area (Å²) in [7, 11) is 3.16. The zero-order valence-corrected chi connectivity index (χ0v) is 19.6. The monoisotopic (exact) mass is 482 g/mol. The second-order valence-corrected chi connectivity index (χ2v) is 8.15. The van der Waals surface area contributed by atoms with Crippen LogP contribution in [0, 0.1) is 6.92 Å². The van der Waals surface area contributed by atoms with Crippen molar-refractivity contribution < 1.29 is 19.1 Å². The number of Topliss-reactive ketones (excluding diaryl/α,β-unsaturated/α-hetero) is 2. The Kier molecular flexibility index (Phi) is 6.31. The van der Waals surface area contributed by atoms with Gasteiger partial charge in [0.1, 0.15) is 33.0 Å². The van der Waals surface area contributed by atoms with Gasteiger partial charge < -0.3 is 20.1 Å². The molecule has 0 aliphatic heterocycles. The van der Waals surface area contributed by atoms with E-state index in [1.165, 1.54) is 0 Å². The van der Waals surface area contributed by atoms with Crippen LogP contribution in [-0.2, 0) is 9.59 Å². The van der Waals surface area contributed by atoms with Crippen molar-refractivity contribution in [3.63, 3.8) is 0 Å². The molecule has 0 amide bonds. The van der Waals surface area contributed by atoms with Crippen molar-refractivity contribution in [1.82, 2.24) is 0 Å². The minimum absolute atomic E-state index is 0.0784. The van der Waals surface area contributed by atoms with Crippen molar-refractivity contribution in [1.29, 1.82) is 0 Å². The zero-order chi connectivity index (χ0) is 23.7. The van der Waals surface area contributed by atoms with Gasteiger partial charge in [0.15, 0.2) is 0 Å². The van der Waals surface area contributed by atoms with Crippen LogP contribution in [0.5, 0.6) is 11.5 Å². The summed E-state index contributed by atoms with van der Waals surface area (Å²) in [5, 5.41) is 7.26. The molecule has 4 rings (SSSR count). The van der Waals surface area contributed by atoms with Crippen molar-refractivity contribution >= 4 is 56.9 Å².